The molecule has 1 heterocycles. The Hall–Kier alpha value is -2.03. The Labute approximate surface area is 101 Å². The molecule has 0 radical (unpaired) electrons. The van der Waals surface area contributed by atoms with Crippen LogP contribution in [0.25, 0.3) is 0 Å². The highest BCUT2D eigenvalue weighted by Crippen LogP contribution is 2.19. The number of aryl methyl sites for hydroxylation is 1. The van der Waals surface area contributed by atoms with Crippen LogP contribution in [0.3, 0.4) is 0 Å². The van der Waals surface area contributed by atoms with Gasteiger partial charge in [0, 0.05) is 24.0 Å². The van der Waals surface area contributed by atoms with E-state index in [2.05, 4.69) is 29.4 Å². The van der Waals surface area contributed by atoms with Gasteiger partial charge in [-0.25, -0.2) is 0 Å². The van der Waals surface area contributed by atoms with E-state index in [9.17, 15) is 4.79 Å². The highest BCUT2D eigenvalue weighted by atomic mass is 16.1. The third-order valence-electron chi connectivity index (χ3n) is 2.80. The van der Waals surface area contributed by atoms with Crippen LogP contribution in [-0.4, -0.2) is 4.98 Å². The van der Waals surface area contributed by atoms with Gasteiger partial charge in [0.25, 0.3) is 0 Å². The molecule has 1 atom stereocenters. The maximum atomic E-state index is 11.3. The molecule has 0 aliphatic rings. The first kappa shape index (κ1) is 11.5. The molecule has 0 aliphatic heterocycles. The number of anilines is 1. The topological polar surface area (TPSA) is 44.9 Å². The van der Waals surface area contributed by atoms with E-state index >= 15 is 0 Å². The lowest BCUT2D eigenvalue weighted by Crippen LogP contribution is -2.12. The Balaban J connectivity index is 2.21. The smallest absolute Gasteiger partial charge is 0.249 e. The molecular formula is C14H16N2O. The maximum absolute atomic E-state index is 11.3. The van der Waals surface area contributed by atoms with Crippen molar-refractivity contribution in [2.24, 2.45) is 0 Å². The zero-order valence-electron chi connectivity index (χ0n) is 10.0. The number of hydrogen-bond acceptors (Lipinski definition) is 2. The number of H-pyrrole nitrogens is 1. The molecule has 0 bridgehead atoms. The van der Waals surface area contributed by atoms with Crippen LogP contribution in [-0.2, 0) is 0 Å². The van der Waals surface area contributed by atoms with Crippen molar-refractivity contribution in [2.75, 3.05) is 5.32 Å². The van der Waals surface area contributed by atoms with Crippen LogP contribution >= 0.6 is 0 Å². The standard InChI is InChI=1S/C14H16N2O/c1-10-9-15-14(17)8-13(10)16-11(2)12-6-4-3-5-7-12/h3-9,11H,1-2H3,(H2,15,16,17)/t11-/m0/s1. The van der Waals surface area contributed by atoms with Crippen molar-refractivity contribution in [3.8, 4) is 0 Å². The lowest BCUT2D eigenvalue weighted by molar-refractivity contribution is 0.880. The van der Waals surface area contributed by atoms with Crippen molar-refractivity contribution in [2.45, 2.75) is 19.9 Å². The molecule has 17 heavy (non-hydrogen) atoms. The van der Waals surface area contributed by atoms with Gasteiger partial charge in [0.1, 0.15) is 0 Å². The van der Waals surface area contributed by atoms with E-state index < -0.39 is 0 Å². The molecule has 0 saturated carbocycles. The molecule has 3 nitrogen and oxygen atoms in total. The second-order valence-corrected chi connectivity index (χ2v) is 4.17. The number of rotatable bonds is 3. The van der Waals surface area contributed by atoms with Gasteiger partial charge >= 0.3 is 0 Å². The summed E-state index contributed by atoms with van der Waals surface area (Å²) in [6, 6.07) is 11.9. The summed E-state index contributed by atoms with van der Waals surface area (Å²) in [5.74, 6) is 0. The van der Waals surface area contributed by atoms with Gasteiger partial charge in [0.2, 0.25) is 5.56 Å². The molecule has 2 N–H and O–H groups in total. The lowest BCUT2D eigenvalue weighted by Gasteiger charge is -2.16. The van der Waals surface area contributed by atoms with Crippen LogP contribution in [0.4, 0.5) is 5.69 Å². The summed E-state index contributed by atoms with van der Waals surface area (Å²) in [6.07, 6.45) is 1.72. The fourth-order valence-electron chi connectivity index (χ4n) is 1.76. The fraction of sp³-hybridized carbons (Fsp3) is 0.214. The van der Waals surface area contributed by atoms with E-state index in [1.54, 1.807) is 12.3 Å². The lowest BCUT2D eigenvalue weighted by atomic mass is 10.1. The largest absolute Gasteiger partial charge is 0.378 e. The predicted octanol–water partition coefficient (Wildman–Crippen LogP) is 2.86. The minimum absolute atomic E-state index is 0.0849. The molecule has 0 amide bonds. The van der Waals surface area contributed by atoms with Gasteiger partial charge in [0.15, 0.2) is 0 Å². The summed E-state index contributed by atoms with van der Waals surface area (Å²) in [7, 11) is 0. The maximum Gasteiger partial charge on any atom is 0.249 e. The minimum Gasteiger partial charge on any atom is -0.378 e. The Bertz CT molecular complexity index is 546. The molecule has 88 valence electrons. The summed E-state index contributed by atoms with van der Waals surface area (Å²) in [4.78, 5) is 13.9. The van der Waals surface area contributed by atoms with Gasteiger partial charge in [-0.2, -0.15) is 0 Å². The third kappa shape index (κ3) is 2.75. The normalized spacial score (nSPS) is 12.1. The van der Waals surface area contributed by atoms with Gasteiger partial charge < -0.3 is 10.3 Å². The first-order valence-electron chi connectivity index (χ1n) is 5.67. The Kier molecular flexibility index (Phi) is 3.28. The van der Waals surface area contributed by atoms with Crippen LogP contribution in [0, 0.1) is 6.92 Å². The Morgan fingerprint density at radius 2 is 1.94 bits per heavy atom. The number of nitrogens with one attached hydrogen (secondary N) is 2. The van der Waals surface area contributed by atoms with Gasteiger partial charge in [-0.1, -0.05) is 30.3 Å². The molecule has 0 saturated heterocycles. The summed E-state index contributed by atoms with van der Waals surface area (Å²) in [5.41, 5.74) is 3.03. The van der Waals surface area contributed by atoms with E-state index in [0.717, 1.165) is 11.3 Å². The summed E-state index contributed by atoms with van der Waals surface area (Å²) in [6.45, 7) is 4.05. The van der Waals surface area contributed by atoms with Crippen molar-refractivity contribution in [1.29, 1.82) is 0 Å². The van der Waals surface area contributed by atoms with Crippen molar-refractivity contribution in [1.82, 2.24) is 4.98 Å². The van der Waals surface area contributed by atoms with Crippen LogP contribution in [0.2, 0.25) is 0 Å². The molecule has 0 fully saturated rings. The monoisotopic (exact) mass is 228 g/mol. The summed E-state index contributed by atoms with van der Waals surface area (Å²) >= 11 is 0. The van der Waals surface area contributed by atoms with Crippen molar-refractivity contribution >= 4 is 5.69 Å². The Morgan fingerprint density at radius 1 is 1.24 bits per heavy atom. The number of pyridine rings is 1. The third-order valence-corrected chi connectivity index (χ3v) is 2.80. The highest BCUT2D eigenvalue weighted by Gasteiger charge is 2.06. The van der Waals surface area contributed by atoms with Gasteiger partial charge in [-0.15, -0.1) is 0 Å². The van der Waals surface area contributed by atoms with Crippen LogP contribution < -0.4 is 10.9 Å². The Morgan fingerprint density at radius 3 is 2.65 bits per heavy atom. The zero-order valence-corrected chi connectivity index (χ0v) is 10.0. The second-order valence-electron chi connectivity index (χ2n) is 4.17. The number of aromatic amines is 1. The molecule has 2 aromatic rings. The molecule has 1 aromatic carbocycles. The molecular weight excluding hydrogens is 212 g/mol. The first-order chi connectivity index (χ1) is 8.16. The number of benzene rings is 1. The second kappa shape index (κ2) is 4.87. The summed E-state index contributed by atoms with van der Waals surface area (Å²) in [5, 5.41) is 3.35. The van der Waals surface area contributed by atoms with Crippen LogP contribution in [0.5, 0.6) is 0 Å². The summed E-state index contributed by atoms with van der Waals surface area (Å²) < 4.78 is 0. The van der Waals surface area contributed by atoms with E-state index in [4.69, 9.17) is 0 Å². The average Bonchev–Trinajstić information content (AvgIpc) is 2.35. The first-order valence-corrected chi connectivity index (χ1v) is 5.67. The van der Waals surface area contributed by atoms with Gasteiger partial charge in [-0.3, -0.25) is 4.79 Å². The zero-order chi connectivity index (χ0) is 12.3. The van der Waals surface area contributed by atoms with Crippen LogP contribution in [0.15, 0.2) is 47.4 Å². The van der Waals surface area contributed by atoms with Crippen molar-refractivity contribution < 1.29 is 0 Å². The predicted molar refractivity (Wildman–Crippen MR) is 70.3 cm³/mol. The van der Waals surface area contributed by atoms with Crippen molar-refractivity contribution in [3.63, 3.8) is 0 Å². The van der Waals surface area contributed by atoms with E-state index in [0.29, 0.717) is 0 Å². The number of hydrogen-bond donors (Lipinski definition) is 2. The molecule has 0 unspecified atom stereocenters. The van der Waals surface area contributed by atoms with Crippen molar-refractivity contribution in [3.05, 3.63) is 64.1 Å². The molecule has 1 aromatic heterocycles. The fourth-order valence-corrected chi connectivity index (χ4v) is 1.76. The highest BCUT2D eigenvalue weighted by molar-refractivity contribution is 5.50. The number of aromatic nitrogens is 1. The molecule has 0 aliphatic carbocycles. The SMILES string of the molecule is Cc1c[nH]c(=O)cc1N[C@@H](C)c1ccccc1. The quantitative estimate of drug-likeness (QED) is 0.848. The minimum atomic E-state index is -0.0849. The van der Waals surface area contributed by atoms with Gasteiger partial charge in [0.05, 0.1) is 0 Å². The van der Waals surface area contributed by atoms with E-state index in [1.165, 1.54) is 5.56 Å². The molecule has 0 spiro atoms. The molecule has 2 rings (SSSR count). The van der Waals surface area contributed by atoms with E-state index in [1.807, 2.05) is 25.1 Å². The van der Waals surface area contributed by atoms with Crippen LogP contribution in [0.1, 0.15) is 24.1 Å². The van der Waals surface area contributed by atoms with E-state index in [-0.39, 0.29) is 11.6 Å². The average molecular weight is 228 g/mol. The molecule has 3 heteroatoms. The van der Waals surface area contributed by atoms with Gasteiger partial charge in [-0.05, 0) is 25.0 Å².